The van der Waals surface area contributed by atoms with Gasteiger partial charge in [-0.2, -0.15) is 0 Å². The number of nitrogens with zero attached hydrogens (tertiary/aromatic N) is 1. The number of rotatable bonds is 7. The second-order valence-corrected chi connectivity index (χ2v) is 5.52. The molecular formula is C13H20N2O3S. The van der Waals surface area contributed by atoms with E-state index in [0.29, 0.717) is 18.0 Å². The van der Waals surface area contributed by atoms with Gasteiger partial charge in [0.05, 0.1) is 6.54 Å². The van der Waals surface area contributed by atoms with Gasteiger partial charge in [-0.05, 0) is 37.4 Å². The molecule has 0 radical (unpaired) electrons. The SMILES string of the molecule is CCN(CC(=O)NC(C)C)Cc1ccsc1C(=O)O. The summed E-state index contributed by atoms with van der Waals surface area (Å²) in [6, 6.07) is 1.92. The van der Waals surface area contributed by atoms with Gasteiger partial charge >= 0.3 is 5.97 Å². The minimum Gasteiger partial charge on any atom is -0.477 e. The molecule has 6 heteroatoms. The molecule has 0 aliphatic rings. The van der Waals surface area contributed by atoms with Crippen molar-refractivity contribution in [2.45, 2.75) is 33.4 Å². The zero-order valence-electron chi connectivity index (χ0n) is 11.5. The van der Waals surface area contributed by atoms with Crippen LogP contribution in [0.2, 0.25) is 0 Å². The van der Waals surface area contributed by atoms with E-state index in [2.05, 4.69) is 5.32 Å². The molecule has 1 heterocycles. The molecule has 1 amide bonds. The van der Waals surface area contributed by atoms with Gasteiger partial charge in [-0.25, -0.2) is 4.79 Å². The van der Waals surface area contributed by atoms with E-state index in [1.807, 2.05) is 25.7 Å². The van der Waals surface area contributed by atoms with Crippen molar-refractivity contribution in [3.8, 4) is 0 Å². The van der Waals surface area contributed by atoms with Gasteiger partial charge in [-0.1, -0.05) is 6.92 Å². The lowest BCUT2D eigenvalue weighted by Gasteiger charge is -2.20. The molecule has 0 fully saturated rings. The number of carbonyl (C=O) groups is 2. The molecule has 106 valence electrons. The van der Waals surface area contributed by atoms with Crippen LogP contribution in [0.3, 0.4) is 0 Å². The Morgan fingerprint density at radius 1 is 1.47 bits per heavy atom. The molecule has 0 aliphatic heterocycles. The molecule has 19 heavy (non-hydrogen) atoms. The van der Waals surface area contributed by atoms with Gasteiger partial charge in [-0.15, -0.1) is 11.3 Å². The Morgan fingerprint density at radius 3 is 2.68 bits per heavy atom. The largest absolute Gasteiger partial charge is 0.477 e. The third-order valence-corrected chi connectivity index (χ3v) is 3.54. The summed E-state index contributed by atoms with van der Waals surface area (Å²) in [5, 5.41) is 13.6. The zero-order chi connectivity index (χ0) is 14.4. The molecule has 0 atom stereocenters. The fraction of sp³-hybridized carbons (Fsp3) is 0.538. The highest BCUT2D eigenvalue weighted by Crippen LogP contribution is 2.18. The normalized spacial score (nSPS) is 11.0. The highest BCUT2D eigenvalue weighted by atomic mass is 32.1. The molecule has 0 aromatic carbocycles. The molecule has 0 bridgehead atoms. The van der Waals surface area contributed by atoms with Gasteiger partial charge in [-0.3, -0.25) is 9.69 Å². The fourth-order valence-electron chi connectivity index (χ4n) is 1.74. The molecule has 2 N–H and O–H groups in total. The Bertz CT molecular complexity index is 443. The highest BCUT2D eigenvalue weighted by molar-refractivity contribution is 7.12. The van der Waals surface area contributed by atoms with Gasteiger partial charge in [0.2, 0.25) is 5.91 Å². The Hall–Kier alpha value is -1.40. The average Bonchev–Trinajstić information content (AvgIpc) is 2.75. The van der Waals surface area contributed by atoms with Crippen molar-refractivity contribution in [2.75, 3.05) is 13.1 Å². The predicted molar refractivity (Wildman–Crippen MR) is 75.5 cm³/mol. The number of hydrogen-bond acceptors (Lipinski definition) is 4. The summed E-state index contributed by atoms with van der Waals surface area (Å²) < 4.78 is 0. The molecule has 0 saturated carbocycles. The molecular weight excluding hydrogens is 264 g/mol. The van der Waals surface area contributed by atoms with Crippen molar-refractivity contribution in [3.05, 3.63) is 21.9 Å². The van der Waals surface area contributed by atoms with E-state index < -0.39 is 5.97 Å². The second-order valence-electron chi connectivity index (χ2n) is 4.61. The van der Waals surface area contributed by atoms with Crippen molar-refractivity contribution in [1.29, 1.82) is 0 Å². The number of carboxylic acids is 1. The van der Waals surface area contributed by atoms with E-state index in [4.69, 9.17) is 5.11 Å². The fourth-order valence-corrected chi connectivity index (χ4v) is 2.49. The molecule has 1 aromatic heterocycles. The lowest BCUT2D eigenvalue weighted by atomic mass is 10.2. The van der Waals surface area contributed by atoms with Gasteiger partial charge in [0.15, 0.2) is 0 Å². The number of carbonyl (C=O) groups excluding carboxylic acids is 1. The summed E-state index contributed by atoms with van der Waals surface area (Å²) in [5.41, 5.74) is 0.761. The van der Waals surface area contributed by atoms with E-state index in [9.17, 15) is 9.59 Å². The molecule has 1 rings (SSSR count). The summed E-state index contributed by atoms with van der Waals surface area (Å²) in [7, 11) is 0. The minimum absolute atomic E-state index is 0.0380. The lowest BCUT2D eigenvalue weighted by molar-refractivity contribution is -0.122. The Morgan fingerprint density at radius 2 is 2.16 bits per heavy atom. The molecule has 0 aliphatic carbocycles. The molecule has 0 saturated heterocycles. The first-order valence-corrected chi connectivity index (χ1v) is 7.13. The molecule has 0 spiro atoms. The predicted octanol–water partition coefficient (Wildman–Crippen LogP) is 1.79. The monoisotopic (exact) mass is 284 g/mol. The van der Waals surface area contributed by atoms with Gasteiger partial charge in [0.25, 0.3) is 0 Å². The summed E-state index contributed by atoms with van der Waals surface area (Å²) in [6.07, 6.45) is 0. The van der Waals surface area contributed by atoms with Crippen LogP contribution in [0.15, 0.2) is 11.4 Å². The first-order valence-electron chi connectivity index (χ1n) is 6.25. The van der Waals surface area contributed by atoms with Crippen LogP contribution in [-0.4, -0.2) is 41.0 Å². The Labute approximate surface area is 117 Å². The Balaban J connectivity index is 2.64. The van der Waals surface area contributed by atoms with Crippen LogP contribution < -0.4 is 5.32 Å². The Kier molecular flexibility index (Phi) is 5.98. The second kappa shape index (κ2) is 7.25. The highest BCUT2D eigenvalue weighted by Gasteiger charge is 2.16. The smallest absolute Gasteiger partial charge is 0.346 e. The van der Waals surface area contributed by atoms with Crippen molar-refractivity contribution in [1.82, 2.24) is 10.2 Å². The van der Waals surface area contributed by atoms with E-state index >= 15 is 0 Å². The van der Waals surface area contributed by atoms with Crippen LogP contribution >= 0.6 is 11.3 Å². The summed E-state index contributed by atoms with van der Waals surface area (Å²) in [5.74, 6) is -0.948. The first kappa shape index (κ1) is 15.7. The maximum absolute atomic E-state index is 11.7. The van der Waals surface area contributed by atoms with Gasteiger partial charge in [0, 0.05) is 12.6 Å². The van der Waals surface area contributed by atoms with Crippen LogP contribution in [0, 0.1) is 0 Å². The van der Waals surface area contributed by atoms with E-state index in [-0.39, 0.29) is 18.5 Å². The number of thiophene rings is 1. The van der Waals surface area contributed by atoms with E-state index in [1.165, 1.54) is 11.3 Å². The molecule has 5 nitrogen and oxygen atoms in total. The zero-order valence-corrected chi connectivity index (χ0v) is 12.3. The lowest BCUT2D eigenvalue weighted by Crippen LogP contribution is -2.39. The van der Waals surface area contributed by atoms with Crippen LogP contribution in [0.4, 0.5) is 0 Å². The maximum atomic E-state index is 11.7. The summed E-state index contributed by atoms with van der Waals surface area (Å²) in [6.45, 7) is 7.23. The summed E-state index contributed by atoms with van der Waals surface area (Å²) >= 11 is 1.21. The van der Waals surface area contributed by atoms with Crippen molar-refractivity contribution < 1.29 is 14.7 Å². The van der Waals surface area contributed by atoms with Crippen LogP contribution in [0.25, 0.3) is 0 Å². The topological polar surface area (TPSA) is 69.6 Å². The van der Waals surface area contributed by atoms with Crippen molar-refractivity contribution in [2.24, 2.45) is 0 Å². The number of likely N-dealkylation sites (N-methyl/N-ethyl adjacent to an activating group) is 1. The van der Waals surface area contributed by atoms with Crippen LogP contribution in [0.5, 0.6) is 0 Å². The molecule has 1 aromatic rings. The van der Waals surface area contributed by atoms with E-state index in [1.54, 1.807) is 11.4 Å². The average molecular weight is 284 g/mol. The van der Waals surface area contributed by atoms with Gasteiger partial charge < -0.3 is 10.4 Å². The number of carboxylic acid groups (broad SMARTS) is 1. The van der Waals surface area contributed by atoms with Crippen LogP contribution in [-0.2, 0) is 11.3 Å². The number of aromatic carboxylic acids is 1. The number of nitrogens with one attached hydrogen (secondary N) is 1. The van der Waals surface area contributed by atoms with Crippen LogP contribution in [0.1, 0.15) is 36.0 Å². The minimum atomic E-state index is -0.910. The number of hydrogen-bond donors (Lipinski definition) is 2. The summed E-state index contributed by atoms with van der Waals surface area (Å²) in [4.78, 5) is 25.0. The number of amides is 1. The third kappa shape index (κ3) is 5.00. The molecule has 0 unspecified atom stereocenters. The van der Waals surface area contributed by atoms with Crippen molar-refractivity contribution >= 4 is 23.2 Å². The van der Waals surface area contributed by atoms with Crippen molar-refractivity contribution in [3.63, 3.8) is 0 Å². The maximum Gasteiger partial charge on any atom is 0.346 e. The van der Waals surface area contributed by atoms with E-state index in [0.717, 1.165) is 5.56 Å². The van der Waals surface area contributed by atoms with Gasteiger partial charge in [0.1, 0.15) is 4.88 Å². The standard InChI is InChI=1S/C13H20N2O3S/c1-4-15(8-11(16)14-9(2)3)7-10-5-6-19-12(10)13(17)18/h5-6,9H,4,7-8H2,1-3H3,(H,14,16)(H,17,18). The quantitative estimate of drug-likeness (QED) is 0.801. The first-order chi connectivity index (χ1) is 8.93. The third-order valence-electron chi connectivity index (χ3n) is 2.60.